The van der Waals surface area contributed by atoms with Gasteiger partial charge in [-0.15, -0.1) is 0 Å². The Bertz CT molecular complexity index is 340. The van der Waals surface area contributed by atoms with E-state index in [1.165, 1.54) is 0 Å². The van der Waals surface area contributed by atoms with Crippen molar-refractivity contribution in [2.75, 3.05) is 25.5 Å². The van der Waals surface area contributed by atoms with Crippen LogP contribution in [0.1, 0.15) is 13.3 Å². The maximum Gasteiger partial charge on any atom is 0.222 e. The van der Waals surface area contributed by atoms with Gasteiger partial charge in [-0.2, -0.15) is 0 Å². The van der Waals surface area contributed by atoms with E-state index in [0.29, 0.717) is 12.0 Å². The van der Waals surface area contributed by atoms with Crippen molar-refractivity contribution in [3.63, 3.8) is 0 Å². The van der Waals surface area contributed by atoms with Gasteiger partial charge in [0.15, 0.2) is 0 Å². The van der Waals surface area contributed by atoms with Crippen LogP contribution in [0.25, 0.3) is 0 Å². The zero-order valence-electron chi connectivity index (χ0n) is 9.65. The summed E-state index contributed by atoms with van der Waals surface area (Å²) in [4.78, 5) is 10.9. The Morgan fingerprint density at radius 2 is 2.12 bits per heavy atom. The maximum absolute atomic E-state index is 4.28. The Balaban J connectivity index is 1.96. The molecule has 1 fully saturated rings. The van der Waals surface area contributed by atoms with Gasteiger partial charge in [-0.25, -0.2) is 9.97 Å². The molecule has 0 aliphatic carbocycles. The number of aromatic nitrogens is 2. The van der Waals surface area contributed by atoms with Gasteiger partial charge in [0, 0.05) is 28.6 Å². The number of anilines is 1. The molecule has 0 radical (unpaired) electrons. The van der Waals surface area contributed by atoms with Crippen molar-refractivity contribution in [3.8, 4) is 0 Å². The van der Waals surface area contributed by atoms with Crippen LogP contribution in [0.15, 0.2) is 12.4 Å². The summed E-state index contributed by atoms with van der Waals surface area (Å²) in [5.74, 6) is 1.39. The van der Waals surface area contributed by atoms with Crippen LogP contribution < -0.4 is 5.32 Å². The second kappa shape index (κ2) is 5.27. The SMILES string of the molecule is CC1CN(C)CCC1Nc1ncc(I)cn1. The Morgan fingerprint density at radius 1 is 1.44 bits per heavy atom. The van der Waals surface area contributed by atoms with Crippen molar-refractivity contribution in [1.29, 1.82) is 0 Å². The van der Waals surface area contributed by atoms with Crippen LogP contribution in [0.3, 0.4) is 0 Å². The quantitative estimate of drug-likeness (QED) is 0.839. The number of piperidine rings is 1. The standard InChI is InChI=1S/C11H17IN4/c1-8-7-16(2)4-3-10(8)15-11-13-5-9(12)6-14-11/h5-6,8,10H,3-4,7H2,1-2H3,(H,13,14,15). The van der Waals surface area contributed by atoms with E-state index >= 15 is 0 Å². The third-order valence-electron chi connectivity index (χ3n) is 3.04. The molecule has 2 atom stereocenters. The Morgan fingerprint density at radius 3 is 2.75 bits per heavy atom. The Kier molecular flexibility index (Phi) is 3.96. The molecule has 1 aromatic rings. The zero-order chi connectivity index (χ0) is 11.5. The topological polar surface area (TPSA) is 41.0 Å². The lowest BCUT2D eigenvalue weighted by molar-refractivity contribution is 0.206. The number of likely N-dealkylation sites (tertiary alicyclic amines) is 1. The zero-order valence-corrected chi connectivity index (χ0v) is 11.8. The van der Waals surface area contributed by atoms with Crippen LogP contribution >= 0.6 is 22.6 Å². The smallest absolute Gasteiger partial charge is 0.222 e. The van der Waals surface area contributed by atoms with Gasteiger partial charge in [0.2, 0.25) is 5.95 Å². The largest absolute Gasteiger partial charge is 0.351 e. The van der Waals surface area contributed by atoms with Crippen LogP contribution in [-0.2, 0) is 0 Å². The van der Waals surface area contributed by atoms with Gasteiger partial charge in [-0.3, -0.25) is 0 Å². The minimum Gasteiger partial charge on any atom is -0.351 e. The molecule has 0 saturated carbocycles. The van der Waals surface area contributed by atoms with Crippen LogP contribution in [-0.4, -0.2) is 41.0 Å². The first-order valence-electron chi connectivity index (χ1n) is 5.58. The third kappa shape index (κ3) is 3.04. The number of hydrogen-bond acceptors (Lipinski definition) is 4. The van der Waals surface area contributed by atoms with Crippen molar-refractivity contribution in [2.24, 2.45) is 5.92 Å². The predicted octanol–water partition coefficient (Wildman–Crippen LogP) is 1.83. The highest BCUT2D eigenvalue weighted by Gasteiger charge is 2.24. The Hall–Kier alpha value is -0.430. The molecular formula is C11H17IN4. The van der Waals surface area contributed by atoms with Gasteiger partial charge in [-0.1, -0.05) is 6.92 Å². The molecule has 2 unspecified atom stereocenters. The lowest BCUT2D eigenvalue weighted by Crippen LogP contribution is -2.43. The van der Waals surface area contributed by atoms with Crippen LogP contribution in [0.2, 0.25) is 0 Å². The van der Waals surface area contributed by atoms with Gasteiger partial charge in [0.25, 0.3) is 0 Å². The fraction of sp³-hybridized carbons (Fsp3) is 0.636. The molecule has 0 spiro atoms. The number of nitrogens with zero attached hydrogens (tertiary/aromatic N) is 3. The summed E-state index contributed by atoms with van der Waals surface area (Å²) < 4.78 is 1.07. The van der Waals surface area contributed by atoms with Crippen LogP contribution in [0.5, 0.6) is 0 Å². The summed E-state index contributed by atoms with van der Waals surface area (Å²) in [5, 5.41) is 3.43. The molecule has 0 bridgehead atoms. The van der Waals surface area contributed by atoms with Gasteiger partial charge >= 0.3 is 0 Å². The molecule has 0 amide bonds. The Labute approximate surface area is 110 Å². The van der Waals surface area contributed by atoms with Gasteiger partial charge in [0.1, 0.15) is 0 Å². The number of rotatable bonds is 2. The molecule has 1 aliphatic rings. The predicted molar refractivity (Wildman–Crippen MR) is 73.4 cm³/mol. The first-order chi connectivity index (χ1) is 7.65. The van der Waals surface area contributed by atoms with Gasteiger partial charge in [-0.05, 0) is 48.5 Å². The molecule has 1 aliphatic heterocycles. The molecule has 88 valence electrons. The molecule has 1 aromatic heterocycles. The minimum atomic E-state index is 0.497. The van der Waals surface area contributed by atoms with Crippen molar-refractivity contribution >= 4 is 28.5 Å². The minimum absolute atomic E-state index is 0.497. The summed E-state index contributed by atoms with van der Waals surface area (Å²) in [7, 11) is 2.17. The average Bonchev–Trinajstić information content (AvgIpc) is 2.25. The lowest BCUT2D eigenvalue weighted by Gasteiger charge is -2.35. The first kappa shape index (κ1) is 12.0. The summed E-state index contributed by atoms with van der Waals surface area (Å²) in [6.07, 6.45) is 4.85. The number of halogens is 1. The molecule has 2 heterocycles. The van der Waals surface area contributed by atoms with Crippen LogP contribution in [0, 0.1) is 9.49 Å². The maximum atomic E-state index is 4.28. The highest BCUT2D eigenvalue weighted by molar-refractivity contribution is 14.1. The second-order valence-electron chi connectivity index (χ2n) is 4.50. The molecule has 0 aromatic carbocycles. The fourth-order valence-corrected chi connectivity index (χ4v) is 2.40. The first-order valence-corrected chi connectivity index (χ1v) is 6.65. The highest BCUT2D eigenvalue weighted by atomic mass is 127. The third-order valence-corrected chi connectivity index (χ3v) is 3.60. The van der Waals surface area contributed by atoms with E-state index < -0.39 is 0 Å². The van der Waals surface area contributed by atoms with E-state index in [4.69, 9.17) is 0 Å². The van der Waals surface area contributed by atoms with Crippen molar-refractivity contribution in [2.45, 2.75) is 19.4 Å². The second-order valence-corrected chi connectivity index (χ2v) is 5.75. The van der Waals surface area contributed by atoms with E-state index in [1.807, 2.05) is 12.4 Å². The van der Waals surface area contributed by atoms with Crippen LogP contribution in [0.4, 0.5) is 5.95 Å². The molecule has 2 rings (SSSR count). The summed E-state index contributed by atoms with van der Waals surface area (Å²) >= 11 is 2.21. The molecular weight excluding hydrogens is 315 g/mol. The summed E-state index contributed by atoms with van der Waals surface area (Å²) in [6.45, 7) is 4.56. The van der Waals surface area contributed by atoms with Crippen molar-refractivity contribution in [3.05, 3.63) is 16.0 Å². The van der Waals surface area contributed by atoms with E-state index in [2.05, 4.69) is 56.7 Å². The number of hydrogen-bond donors (Lipinski definition) is 1. The molecule has 1 saturated heterocycles. The number of nitrogens with one attached hydrogen (secondary N) is 1. The van der Waals surface area contributed by atoms with Crippen molar-refractivity contribution in [1.82, 2.24) is 14.9 Å². The van der Waals surface area contributed by atoms with E-state index in [9.17, 15) is 0 Å². The van der Waals surface area contributed by atoms with Gasteiger partial charge in [0.05, 0.1) is 0 Å². The molecule has 1 N–H and O–H groups in total. The average molecular weight is 332 g/mol. The summed E-state index contributed by atoms with van der Waals surface area (Å²) in [5.41, 5.74) is 0. The van der Waals surface area contributed by atoms with E-state index in [-0.39, 0.29) is 0 Å². The molecule has 5 heteroatoms. The normalized spacial score (nSPS) is 26.7. The lowest BCUT2D eigenvalue weighted by atomic mass is 9.94. The molecule has 16 heavy (non-hydrogen) atoms. The summed E-state index contributed by atoms with van der Waals surface area (Å²) in [6, 6.07) is 0.497. The molecule has 4 nitrogen and oxygen atoms in total. The van der Waals surface area contributed by atoms with Gasteiger partial charge < -0.3 is 10.2 Å². The highest BCUT2D eigenvalue weighted by Crippen LogP contribution is 2.18. The van der Waals surface area contributed by atoms with Crippen molar-refractivity contribution < 1.29 is 0 Å². The monoisotopic (exact) mass is 332 g/mol. The fourth-order valence-electron chi connectivity index (χ4n) is 2.12. The van der Waals surface area contributed by atoms with E-state index in [1.54, 1.807) is 0 Å². The van der Waals surface area contributed by atoms with E-state index in [0.717, 1.165) is 29.0 Å².